The van der Waals surface area contributed by atoms with Gasteiger partial charge in [0.25, 0.3) is 0 Å². The average molecular weight is 253 g/mol. The second kappa shape index (κ2) is 3.69. The summed E-state index contributed by atoms with van der Waals surface area (Å²) in [6.07, 6.45) is 1.23. The second-order valence-corrected chi connectivity index (χ2v) is 5.68. The van der Waals surface area contributed by atoms with Crippen LogP contribution in [0.4, 0.5) is 0 Å². The Labute approximate surface area is 94.8 Å². The molecule has 1 aliphatic rings. The van der Waals surface area contributed by atoms with Crippen molar-refractivity contribution in [2.45, 2.75) is 37.9 Å². The van der Waals surface area contributed by atoms with E-state index in [1.165, 1.54) is 23.1 Å². The number of benzene rings is 1. The lowest BCUT2D eigenvalue weighted by Crippen LogP contribution is -1.94. The summed E-state index contributed by atoms with van der Waals surface area (Å²) in [5.41, 5.74) is 4.51. The topological polar surface area (TPSA) is 0 Å². The van der Waals surface area contributed by atoms with Gasteiger partial charge in [0.2, 0.25) is 0 Å². The molecule has 2 atom stereocenters. The van der Waals surface area contributed by atoms with Crippen LogP contribution in [0.25, 0.3) is 0 Å². The van der Waals surface area contributed by atoms with E-state index < -0.39 is 0 Å². The Morgan fingerprint density at radius 3 is 2.71 bits per heavy atom. The van der Waals surface area contributed by atoms with Crippen molar-refractivity contribution in [3.8, 4) is 0 Å². The van der Waals surface area contributed by atoms with E-state index in [-0.39, 0.29) is 0 Å². The van der Waals surface area contributed by atoms with Crippen LogP contribution in [0.5, 0.6) is 0 Å². The third-order valence-electron chi connectivity index (χ3n) is 3.18. The summed E-state index contributed by atoms with van der Waals surface area (Å²) in [6, 6.07) is 6.96. The summed E-state index contributed by atoms with van der Waals surface area (Å²) >= 11 is 3.79. The number of halogens is 1. The summed E-state index contributed by atoms with van der Waals surface area (Å²) in [7, 11) is 0. The Morgan fingerprint density at radius 2 is 2.07 bits per heavy atom. The van der Waals surface area contributed by atoms with Gasteiger partial charge < -0.3 is 0 Å². The second-order valence-electron chi connectivity index (χ2n) is 4.70. The first-order valence-electron chi connectivity index (χ1n) is 5.36. The first kappa shape index (κ1) is 10.2. The van der Waals surface area contributed by atoms with Crippen LogP contribution in [-0.4, -0.2) is 0 Å². The molecule has 2 unspecified atom stereocenters. The number of hydrogen-bond acceptors (Lipinski definition) is 0. The van der Waals surface area contributed by atoms with Gasteiger partial charge in [-0.1, -0.05) is 54.9 Å². The van der Waals surface area contributed by atoms with E-state index in [1.54, 1.807) is 0 Å². The van der Waals surface area contributed by atoms with E-state index in [0.717, 1.165) is 5.92 Å². The predicted molar refractivity (Wildman–Crippen MR) is 65.1 cm³/mol. The van der Waals surface area contributed by atoms with Crippen molar-refractivity contribution in [1.29, 1.82) is 0 Å². The van der Waals surface area contributed by atoms with E-state index >= 15 is 0 Å². The van der Waals surface area contributed by atoms with Crippen LogP contribution in [0.15, 0.2) is 18.2 Å². The highest BCUT2D eigenvalue weighted by atomic mass is 79.9. The van der Waals surface area contributed by atoms with Gasteiger partial charge in [-0.05, 0) is 34.9 Å². The van der Waals surface area contributed by atoms with Crippen molar-refractivity contribution in [3.05, 3.63) is 34.9 Å². The molecule has 0 saturated carbocycles. The molecular weight excluding hydrogens is 236 g/mol. The molecule has 76 valence electrons. The molecule has 2 rings (SSSR count). The molecule has 0 N–H and O–H groups in total. The van der Waals surface area contributed by atoms with Crippen LogP contribution in [0.1, 0.15) is 48.2 Å². The lowest BCUT2D eigenvalue weighted by molar-refractivity contribution is 0.622. The predicted octanol–water partition coefficient (Wildman–Crippen LogP) is 4.44. The Balaban J connectivity index is 2.41. The van der Waals surface area contributed by atoms with Crippen LogP contribution in [0.2, 0.25) is 0 Å². The van der Waals surface area contributed by atoms with Crippen molar-refractivity contribution >= 4 is 15.9 Å². The van der Waals surface area contributed by atoms with Crippen LogP contribution >= 0.6 is 15.9 Å². The molecule has 0 saturated heterocycles. The van der Waals surface area contributed by atoms with Gasteiger partial charge in [-0.15, -0.1) is 0 Å². The maximum Gasteiger partial charge on any atom is 0.0426 e. The van der Waals surface area contributed by atoms with Crippen LogP contribution in [0.3, 0.4) is 0 Å². The third-order valence-corrected chi connectivity index (χ3v) is 4.57. The number of hydrogen-bond donors (Lipinski definition) is 0. The van der Waals surface area contributed by atoms with Gasteiger partial charge in [-0.25, -0.2) is 0 Å². The SMILES string of the molecule is CC(C)c1ccc2c(c1)C(Br)C(C)C2. The zero-order valence-electron chi connectivity index (χ0n) is 9.05. The lowest BCUT2D eigenvalue weighted by atomic mass is 9.99. The minimum absolute atomic E-state index is 0.566. The summed E-state index contributed by atoms with van der Waals surface area (Å²) in [6.45, 7) is 6.82. The normalized spacial score (nSPS) is 25.5. The van der Waals surface area contributed by atoms with E-state index in [9.17, 15) is 0 Å². The van der Waals surface area contributed by atoms with Gasteiger partial charge in [-0.3, -0.25) is 0 Å². The standard InChI is InChI=1S/C13H17Br/c1-8(2)10-4-5-11-6-9(3)13(14)12(11)7-10/h4-5,7-9,13H,6H2,1-3H3. The van der Waals surface area contributed by atoms with Gasteiger partial charge in [0.1, 0.15) is 0 Å². The first-order valence-corrected chi connectivity index (χ1v) is 6.28. The minimum atomic E-state index is 0.566. The molecule has 0 nitrogen and oxygen atoms in total. The lowest BCUT2D eigenvalue weighted by Gasteiger charge is -2.10. The largest absolute Gasteiger partial charge is 0.0836 e. The molecule has 0 spiro atoms. The maximum atomic E-state index is 3.79. The molecule has 0 radical (unpaired) electrons. The van der Waals surface area contributed by atoms with Crippen LogP contribution in [-0.2, 0) is 6.42 Å². The Morgan fingerprint density at radius 1 is 1.36 bits per heavy atom. The van der Waals surface area contributed by atoms with Crippen molar-refractivity contribution in [3.63, 3.8) is 0 Å². The van der Waals surface area contributed by atoms with Gasteiger partial charge in [0, 0.05) is 4.83 Å². The molecule has 14 heavy (non-hydrogen) atoms. The Bertz CT molecular complexity index is 341. The third kappa shape index (κ3) is 1.63. The molecule has 1 aromatic rings. The van der Waals surface area contributed by atoms with Gasteiger partial charge in [-0.2, -0.15) is 0 Å². The van der Waals surface area contributed by atoms with Crippen molar-refractivity contribution in [2.24, 2.45) is 5.92 Å². The molecule has 0 amide bonds. The number of alkyl halides is 1. The molecular formula is C13H17Br. The van der Waals surface area contributed by atoms with Crippen molar-refractivity contribution in [2.75, 3.05) is 0 Å². The van der Waals surface area contributed by atoms with E-state index in [1.807, 2.05) is 0 Å². The summed E-state index contributed by atoms with van der Waals surface area (Å²) < 4.78 is 0. The van der Waals surface area contributed by atoms with Crippen LogP contribution in [0, 0.1) is 5.92 Å². The molecule has 1 aromatic carbocycles. The molecule has 0 heterocycles. The fourth-order valence-electron chi connectivity index (χ4n) is 2.17. The maximum absolute atomic E-state index is 3.79. The van der Waals surface area contributed by atoms with E-state index in [0.29, 0.717) is 10.7 Å². The summed E-state index contributed by atoms with van der Waals surface area (Å²) in [5.74, 6) is 1.38. The molecule has 1 heteroatoms. The fourth-order valence-corrected chi connectivity index (χ4v) is 2.79. The van der Waals surface area contributed by atoms with Gasteiger partial charge >= 0.3 is 0 Å². The molecule has 0 fully saturated rings. The fraction of sp³-hybridized carbons (Fsp3) is 0.538. The monoisotopic (exact) mass is 252 g/mol. The summed E-state index contributed by atoms with van der Waals surface area (Å²) in [4.78, 5) is 0.566. The summed E-state index contributed by atoms with van der Waals surface area (Å²) in [5, 5.41) is 0. The Hall–Kier alpha value is -0.300. The van der Waals surface area contributed by atoms with Crippen molar-refractivity contribution < 1.29 is 0 Å². The molecule has 0 aromatic heterocycles. The molecule has 0 bridgehead atoms. The first-order chi connectivity index (χ1) is 6.59. The number of rotatable bonds is 1. The zero-order valence-corrected chi connectivity index (χ0v) is 10.6. The van der Waals surface area contributed by atoms with Gasteiger partial charge in [0.15, 0.2) is 0 Å². The smallest absolute Gasteiger partial charge is 0.0426 e. The quantitative estimate of drug-likeness (QED) is 0.649. The highest BCUT2D eigenvalue weighted by Gasteiger charge is 2.27. The molecule has 0 aliphatic heterocycles. The highest BCUT2D eigenvalue weighted by Crippen LogP contribution is 2.42. The van der Waals surface area contributed by atoms with Crippen molar-refractivity contribution in [1.82, 2.24) is 0 Å². The molecule has 1 aliphatic carbocycles. The zero-order chi connectivity index (χ0) is 10.3. The van der Waals surface area contributed by atoms with E-state index in [4.69, 9.17) is 0 Å². The van der Waals surface area contributed by atoms with E-state index in [2.05, 4.69) is 54.9 Å². The Kier molecular flexibility index (Phi) is 2.70. The number of fused-ring (bicyclic) bond motifs is 1. The minimum Gasteiger partial charge on any atom is -0.0836 e. The average Bonchev–Trinajstić information content (AvgIpc) is 2.43. The van der Waals surface area contributed by atoms with Crippen LogP contribution < -0.4 is 0 Å². The highest BCUT2D eigenvalue weighted by molar-refractivity contribution is 9.09. The van der Waals surface area contributed by atoms with Gasteiger partial charge in [0.05, 0.1) is 0 Å².